The molecule has 1 N–H and O–H groups in total. The van der Waals surface area contributed by atoms with Crippen LogP contribution in [0.15, 0.2) is 30.5 Å². The summed E-state index contributed by atoms with van der Waals surface area (Å²) in [5, 5.41) is 0.363. The van der Waals surface area contributed by atoms with Crippen LogP contribution in [-0.2, 0) is 6.18 Å². The Hall–Kier alpha value is -2.02. The number of nitrogens with one attached hydrogen (secondary N) is 1. The monoisotopic (exact) mass is 357 g/mol. The van der Waals surface area contributed by atoms with E-state index in [-0.39, 0.29) is 17.6 Å². The van der Waals surface area contributed by atoms with E-state index in [4.69, 9.17) is 11.6 Å². The first-order valence-electron chi connectivity index (χ1n) is 7.52. The Morgan fingerprint density at radius 3 is 2.75 bits per heavy atom. The second-order valence-corrected chi connectivity index (χ2v) is 6.16. The normalized spacial score (nSPS) is 18.7. The molecule has 128 valence electrons. The molecule has 3 rings (SSSR count). The highest BCUT2D eigenvalue weighted by atomic mass is 35.5. The predicted molar refractivity (Wildman–Crippen MR) is 82.9 cm³/mol. The zero-order valence-electron chi connectivity index (χ0n) is 12.6. The summed E-state index contributed by atoms with van der Waals surface area (Å²) in [6, 6.07) is 6.74. The van der Waals surface area contributed by atoms with Crippen molar-refractivity contribution in [2.75, 3.05) is 13.1 Å². The minimum absolute atomic E-state index is 0.215. The third-order valence-electron chi connectivity index (χ3n) is 4.10. The molecule has 0 bridgehead atoms. The molecule has 0 saturated carbocycles. The molecule has 0 radical (unpaired) electrons. The molecule has 1 fully saturated rings. The van der Waals surface area contributed by atoms with Crippen LogP contribution in [0.4, 0.5) is 13.2 Å². The largest absolute Gasteiger partial charge is 0.432 e. The number of piperidine rings is 1. The minimum atomic E-state index is -4.45. The van der Waals surface area contributed by atoms with Gasteiger partial charge < -0.3 is 9.88 Å². The average molecular weight is 358 g/mol. The van der Waals surface area contributed by atoms with Gasteiger partial charge in [0.05, 0.1) is 16.8 Å². The van der Waals surface area contributed by atoms with E-state index >= 15 is 0 Å². The maximum Gasteiger partial charge on any atom is 0.432 e. The van der Waals surface area contributed by atoms with Crippen LogP contribution >= 0.6 is 11.6 Å². The van der Waals surface area contributed by atoms with E-state index in [1.807, 2.05) is 0 Å². The number of hydrogen-bond acceptors (Lipinski definition) is 2. The van der Waals surface area contributed by atoms with Gasteiger partial charge in [-0.15, -0.1) is 0 Å². The number of amides is 1. The smallest absolute Gasteiger partial charge is 0.338 e. The zero-order valence-corrected chi connectivity index (χ0v) is 13.4. The molecule has 1 saturated heterocycles. The topological polar surface area (TPSA) is 49.0 Å². The SMILES string of the molecule is O=C(c1ccccc1Cl)N1CCCC(c2ncc(C(F)(F)F)[nH]2)C1. The lowest BCUT2D eigenvalue weighted by molar-refractivity contribution is -0.141. The molecular weight excluding hydrogens is 343 g/mol. The van der Waals surface area contributed by atoms with Gasteiger partial charge in [-0.3, -0.25) is 4.79 Å². The maximum absolute atomic E-state index is 12.7. The van der Waals surface area contributed by atoms with E-state index in [1.165, 1.54) is 0 Å². The number of nitrogens with zero attached hydrogens (tertiary/aromatic N) is 2. The molecule has 2 aromatic rings. The number of hydrogen-bond donors (Lipinski definition) is 1. The van der Waals surface area contributed by atoms with Crippen LogP contribution in [0.1, 0.15) is 40.6 Å². The molecule has 1 aromatic heterocycles. The van der Waals surface area contributed by atoms with Crippen LogP contribution < -0.4 is 0 Å². The van der Waals surface area contributed by atoms with E-state index in [1.54, 1.807) is 29.2 Å². The fourth-order valence-corrected chi connectivity index (χ4v) is 3.09. The van der Waals surface area contributed by atoms with Crippen molar-refractivity contribution in [3.63, 3.8) is 0 Å². The van der Waals surface area contributed by atoms with E-state index < -0.39 is 11.9 Å². The molecule has 1 aliphatic heterocycles. The molecule has 8 heteroatoms. The van der Waals surface area contributed by atoms with Gasteiger partial charge in [0.15, 0.2) is 0 Å². The lowest BCUT2D eigenvalue weighted by Gasteiger charge is -2.32. The van der Waals surface area contributed by atoms with Crippen LogP contribution in [0.2, 0.25) is 5.02 Å². The van der Waals surface area contributed by atoms with Gasteiger partial charge in [-0.1, -0.05) is 23.7 Å². The van der Waals surface area contributed by atoms with Crippen molar-refractivity contribution in [3.05, 3.63) is 52.6 Å². The Balaban J connectivity index is 1.76. The van der Waals surface area contributed by atoms with Crippen LogP contribution in [-0.4, -0.2) is 33.9 Å². The van der Waals surface area contributed by atoms with Crippen LogP contribution in [0.25, 0.3) is 0 Å². The molecule has 1 unspecified atom stereocenters. The van der Waals surface area contributed by atoms with Gasteiger partial charge in [-0.05, 0) is 25.0 Å². The Bertz CT molecular complexity index is 744. The number of rotatable bonds is 2. The number of imidazole rings is 1. The average Bonchev–Trinajstić information content (AvgIpc) is 3.05. The van der Waals surface area contributed by atoms with Crippen molar-refractivity contribution in [2.24, 2.45) is 0 Å². The van der Waals surface area contributed by atoms with Gasteiger partial charge in [0.1, 0.15) is 11.5 Å². The molecule has 0 aliphatic carbocycles. The third kappa shape index (κ3) is 3.40. The highest BCUT2D eigenvalue weighted by Gasteiger charge is 2.35. The molecule has 1 aliphatic rings. The predicted octanol–water partition coefficient (Wildman–Crippen LogP) is 4.10. The summed E-state index contributed by atoms with van der Waals surface area (Å²) in [6.45, 7) is 0.863. The standard InChI is InChI=1S/C16H15ClF3N3O/c17-12-6-2-1-5-11(12)15(24)23-7-3-4-10(9-23)14-21-8-13(22-14)16(18,19)20/h1-2,5-6,8,10H,3-4,7,9H2,(H,21,22). The maximum atomic E-state index is 12.7. The zero-order chi connectivity index (χ0) is 17.3. The Labute approximate surface area is 141 Å². The van der Waals surface area contributed by atoms with Crippen molar-refractivity contribution in [1.29, 1.82) is 0 Å². The van der Waals surface area contributed by atoms with Gasteiger partial charge >= 0.3 is 6.18 Å². The minimum Gasteiger partial charge on any atom is -0.338 e. The Morgan fingerprint density at radius 1 is 1.33 bits per heavy atom. The van der Waals surface area contributed by atoms with E-state index in [0.29, 0.717) is 36.5 Å². The summed E-state index contributed by atoms with van der Waals surface area (Å²) < 4.78 is 38.1. The number of halogens is 4. The summed E-state index contributed by atoms with van der Waals surface area (Å²) in [5.74, 6) is -0.201. The number of aromatic nitrogens is 2. The summed E-state index contributed by atoms with van der Waals surface area (Å²) >= 11 is 6.05. The summed E-state index contributed by atoms with van der Waals surface area (Å²) in [7, 11) is 0. The molecule has 4 nitrogen and oxygen atoms in total. The first kappa shape index (κ1) is 16.8. The van der Waals surface area contributed by atoms with E-state index in [9.17, 15) is 18.0 Å². The van der Waals surface area contributed by atoms with E-state index in [0.717, 1.165) is 6.20 Å². The van der Waals surface area contributed by atoms with Crippen molar-refractivity contribution in [3.8, 4) is 0 Å². The molecular formula is C16H15ClF3N3O. The highest BCUT2D eigenvalue weighted by Crippen LogP contribution is 2.31. The van der Waals surface area contributed by atoms with Crippen molar-refractivity contribution < 1.29 is 18.0 Å². The van der Waals surface area contributed by atoms with Gasteiger partial charge in [0.25, 0.3) is 5.91 Å². The number of carbonyl (C=O) groups excluding carboxylic acids is 1. The molecule has 0 spiro atoms. The Morgan fingerprint density at radius 2 is 2.08 bits per heavy atom. The number of carbonyl (C=O) groups is 1. The molecule has 24 heavy (non-hydrogen) atoms. The first-order valence-corrected chi connectivity index (χ1v) is 7.90. The van der Waals surface area contributed by atoms with Gasteiger partial charge in [-0.25, -0.2) is 4.98 Å². The van der Waals surface area contributed by atoms with Crippen LogP contribution in [0, 0.1) is 0 Å². The third-order valence-corrected chi connectivity index (χ3v) is 4.43. The molecule has 1 atom stereocenters. The summed E-state index contributed by atoms with van der Waals surface area (Å²) in [6.07, 6.45) is -2.28. The van der Waals surface area contributed by atoms with E-state index in [2.05, 4.69) is 9.97 Å². The number of alkyl halides is 3. The first-order chi connectivity index (χ1) is 11.4. The number of benzene rings is 1. The van der Waals surface area contributed by atoms with Crippen molar-refractivity contribution >= 4 is 17.5 Å². The number of H-pyrrole nitrogens is 1. The van der Waals surface area contributed by atoms with Gasteiger partial charge in [0.2, 0.25) is 0 Å². The number of aromatic amines is 1. The molecule has 1 aromatic carbocycles. The summed E-state index contributed by atoms with van der Waals surface area (Å²) in [4.78, 5) is 20.4. The second kappa shape index (κ2) is 6.47. The van der Waals surface area contributed by atoms with Crippen molar-refractivity contribution in [2.45, 2.75) is 24.9 Å². The fourth-order valence-electron chi connectivity index (χ4n) is 2.88. The fraction of sp³-hybridized carbons (Fsp3) is 0.375. The van der Waals surface area contributed by atoms with Gasteiger partial charge in [-0.2, -0.15) is 13.2 Å². The van der Waals surface area contributed by atoms with Crippen LogP contribution in [0.5, 0.6) is 0 Å². The summed E-state index contributed by atoms with van der Waals surface area (Å²) in [5.41, 5.74) is -0.470. The molecule has 1 amide bonds. The van der Waals surface area contributed by atoms with Crippen LogP contribution in [0.3, 0.4) is 0 Å². The number of likely N-dealkylation sites (tertiary alicyclic amines) is 1. The quantitative estimate of drug-likeness (QED) is 0.879. The lowest BCUT2D eigenvalue weighted by Crippen LogP contribution is -2.39. The Kier molecular flexibility index (Phi) is 4.54. The molecule has 2 heterocycles. The van der Waals surface area contributed by atoms with Crippen molar-refractivity contribution in [1.82, 2.24) is 14.9 Å². The van der Waals surface area contributed by atoms with Gasteiger partial charge in [0, 0.05) is 19.0 Å². The second-order valence-electron chi connectivity index (χ2n) is 5.75. The highest BCUT2D eigenvalue weighted by molar-refractivity contribution is 6.33. The lowest BCUT2D eigenvalue weighted by atomic mass is 9.96.